The molecule has 0 heterocycles. The summed E-state index contributed by atoms with van der Waals surface area (Å²) in [6, 6.07) is 13.5. The van der Waals surface area contributed by atoms with Crippen LogP contribution in [0.2, 0.25) is 0 Å². The SMILES string of the molecule is CCOC(=O)c1ccc(C=CCCNC(=O)OCc2ccccc2)c([N+](=O)[O-])c1. The molecule has 0 atom stereocenters. The van der Waals surface area contributed by atoms with Gasteiger partial charge >= 0.3 is 12.1 Å². The first-order chi connectivity index (χ1) is 14.0. The van der Waals surface area contributed by atoms with E-state index in [1.807, 2.05) is 30.3 Å². The van der Waals surface area contributed by atoms with E-state index in [1.165, 1.54) is 18.2 Å². The number of alkyl carbamates (subject to hydrolysis) is 1. The number of nitrogens with zero attached hydrogens (tertiary/aromatic N) is 1. The summed E-state index contributed by atoms with van der Waals surface area (Å²) in [7, 11) is 0. The number of carbonyl (C=O) groups is 2. The van der Waals surface area contributed by atoms with E-state index in [2.05, 4.69) is 5.32 Å². The highest BCUT2D eigenvalue weighted by atomic mass is 16.6. The monoisotopic (exact) mass is 398 g/mol. The highest BCUT2D eigenvalue weighted by molar-refractivity contribution is 5.90. The van der Waals surface area contributed by atoms with Crippen LogP contribution in [0.5, 0.6) is 0 Å². The Labute approximate surface area is 168 Å². The molecule has 29 heavy (non-hydrogen) atoms. The molecule has 8 heteroatoms. The van der Waals surface area contributed by atoms with Gasteiger partial charge in [-0.05, 0) is 31.0 Å². The van der Waals surface area contributed by atoms with Gasteiger partial charge < -0.3 is 14.8 Å². The topological polar surface area (TPSA) is 108 Å². The number of nitrogens with one attached hydrogen (secondary N) is 1. The van der Waals surface area contributed by atoms with Crippen molar-refractivity contribution < 1.29 is 24.0 Å². The third-order valence-corrected chi connectivity index (χ3v) is 3.83. The Bertz CT molecular complexity index is 880. The van der Waals surface area contributed by atoms with Crippen LogP contribution in [0.25, 0.3) is 6.08 Å². The lowest BCUT2D eigenvalue weighted by Crippen LogP contribution is -2.24. The van der Waals surface area contributed by atoms with Crippen molar-refractivity contribution in [1.29, 1.82) is 0 Å². The van der Waals surface area contributed by atoms with Crippen molar-refractivity contribution in [3.8, 4) is 0 Å². The third-order valence-electron chi connectivity index (χ3n) is 3.83. The molecule has 1 amide bonds. The van der Waals surface area contributed by atoms with Crippen LogP contribution in [0.1, 0.15) is 34.8 Å². The van der Waals surface area contributed by atoms with Gasteiger partial charge in [-0.25, -0.2) is 9.59 Å². The molecule has 8 nitrogen and oxygen atoms in total. The van der Waals surface area contributed by atoms with E-state index in [9.17, 15) is 19.7 Å². The Morgan fingerprint density at radius 3 is 2.59 bits per heavy atom. The van der Waals surface area contributed by atoms with Crippen LogP contribution in [0, 0.1) is 10.1 Å². The van der Waals surface area contributed by atoms with Crippen molar-refractivity contribution in [2.75, 3.05) is 13.2 Å². The number of carbonyl (C=O) groups excluding carboxylic acids is 2. The molecule has 0 spiro atoms. The highest BCUT2D eigenvalue weighted by Gasteiger charge is 2.16. The summed E-state index contributed by atoms with van der Waals surface area (Å²) < 4.78 is 9.95. The summed E-state index contributed by atoms with van der Waals surface area (Å²) in [6.45, 7) is 2.35. The second kappa shape index (κ2) is 11.2. The zero-order valence-electron chi connectivity index (χ0n) is 16.0. The van der Waals surface area contributed by atoms with Crippen LogP contribution in [0.15, 0.2) is 54.6 Å². The smallest absolute Gasteiger partial charge is 0.407 e. The van der Waals surface area contributed by atoms with Gasteiger partial charge in [0.25, 0.3) is 5.69 Å². The van der Waals surface area contributed by atoms with Crippen LogP contribution in [0.4, 0.5) is 10.5 Å². The summed E-state index contributed by atoms with van der Waals surface area (Å²) in [4.78, 5) is 34.1. The van der Waals surface area contributed by atoms with Gasteiger partial charge in [0.2, 0.25) is 0 Å². The van der Waals surface area contributed by atoms with Gasteiger partial charge in [-0.1, -0.05) is 42.5 Å². The minimum atomic E-state index is -0.607. The minimum Gasteiger partial charge on any atom is -0.462 e. The molecule has 2 aromatic carbocycles. The molecular weight excluding hydrogens is 376 g/mol. The number of benzene rings is 2. The number of ether oxygens (including phenoxy) is 2. The molecule has 2 rings (SSSR count). The average molecular weight is 398 g/mol. The molecule has 0 saturated heterocycles. The molecule has 2 aromatic rings. The van der Waals surface area contributed by atoms with Gasteiger partial charge in [0, 0.05) is 12.6 Å². The van der Waals surface area contributed by atoms with Crippen LogP contribution < -0.4 is 5.32 Å². The fourth-order valence-corrected chi connectivity index (χ4v) is 2.43. The van der Waals surface area contributed by atoms with Crippen LogP contribution in [-0.2, 0) is 16.1 Å². The van der Waals surface area contributed by atoms with Gasteiger partial charge in [-0.15, -0.1) is 0 Å². The third kappa shape index (κ3) is 7.10. The fraction of sp³-hybridized carbons (Fsp3) is 0.238. The second-order valence-electron chi connectivity index (χ2n) is 5.93. The largest absolute Gasteiger partial charge is 0.462 e. The average Bonchev–Trinajstić information content (AvgIpc) is 2.73. The van der Waals surface area contributed by atoms with E-state index in [0.29, 0.717) is 18.5 Å². The zero-order valence-corrected chi connectivity index (χ0v) is 16.0. The number of rotatable bonds is 9. The van der Waals surface area contributed by atoms with Gasteiger partial charge in [-0.2, -0.15) is 0 Å². The Balaban J connectivity index is 1.84. The lowest BCUT2D eigenvalue weighted by molar-refractivity contribution is -0.385. The number of nitro groups is 1. The Morgan fingerprint density at radius 1 is 1.14 bits per heavy atom. The molecule has 0 fully saturated rings. The zero-order chi connectivity index (χ0) is 21.1. The predicted octanol–water partition coefficient (Wildman–Crippen LogP) is 4.10. The molecule has 0 radical (unpaired) electrons. The molecule has 0 aliphatic rings. The summed E-state index contributed by atoms with van der Waals surface area (Å²) in [6.07, 6.45) is 3.19. The van der Waals surface area contributed by atoms with Crippen molar-refractivity contribution >= 4 is 23.8 Å². The number of hydrogen-bond donors (Lipinski definition) is 1. The van der Waals surface area contributed by atoms with Crippen molar-refractivity contribution in [1.82, 2.24) is 5.32 Å². The maximum Gasteiger partial charge on any atom is 0.407 e. The Kier molecular flexibility index (Phi) is 8.37. The van der Waals surface area contributed by atoms with E-state index in [1.54, 1.807) is 19.1 Å². The lowest BCUT2D eigenvalue weighted by atomic mass is 10.1. The standard InChI is InChI=1S/C21H22N2O6/c1-2-28-20(24)18-12-11-17(19(14-18)23(26)27)10-6-7-13-22-21(25)29-15-16-8-4-3-5-9-16/h3-6,8-12,14H,2,7,13,15H2,1H3,(H,22,25). The first-order valence-electron chi connectivity index (χ1n) is 9.08. The van der Waals surface area contributed by atoms with Gasteiger partial charge in [0.15, 0.2) is 0 Å². The normalized spacial score (nSPS) is 10.5. The van der Waals surface area contributed by atoms with Crippen LogP contribution in [-0.4, -0.2) is 30.1 Å². The van der Waals surface area contributed by atoms with E-state index in [0.717, 1.165) is 5.56 Å². The van der Waals surface area contributed by atoms with Crippen LogP contribution >= 0.6 is 0 Å². The maximum absolute atomic E-state index is 11.7. The molecular formula is C21H22N2O6. The highest BCUT2D eigenvalue weighted by Crippen LogP contribution is 2.22. The summed E-state index contributed by atoms with van der Waals surface area (Å²) in [5.74, 6) is -0.607. The van der Waals surface area contributed by atoms with E-state index in [4.69, 9.17) is 9.47 Å². The molecule has 0 aliphatic heterocycles. The molecule has 0 bridgehead atoms. The van der Waals surface area contributed by atoms with Gasteiger partial charge in [-0.3, -0.25) is 10.1 Å². The van der Waals surface area contributed by atoms with Gasteiger partial charge in [0.05, 0.1) is 22.7 Å². The molecule has 0 aromatic heterocycles. The van der Waals surface area contributed by atoms with E-state index in [-0.39, 0.29) is 24.5 Å². The molecule has 0 aliphatic carbocycles. The quantitative estimate of drug-likeness (QED) is 0.295. The van der Waals surface area contributed by atoms with Crippen molar-refractivity contribution in [3.63, 3.8) is 0 Å². The fourth-order valence-electron chi connectivity index (χ4n) is 2.43. The summed E-state index contributed by atoms with van der Waals surface area (Å²) in [5, 5.41) is 13.9. The molecule has 0 unspecified atom stereocenters. The Hall–Kier alpha value is -3.68. The number of esters is 1. The maximum atomic E-state index is 11.7. The summed E-state index contributed by atoms with van der Waals surface area (Å²) in [5.41, 5.74) is 1.18. The van der Waals surface area contributed by atoms with E-state index < -0.39 is 17.0 Å². The van der Waals surface area contributed by atoms with Crippen molar-refractivity contribution in [2.24, 2.45) is 0 Å². The summed E-state index contributed by atoms with van der Waals surface area (Å²) >= 11 is 0. The second-order valence-corrected chi connectivity index (χ2v) is 5.93. The molecule has 152 valence electrons. The van der Waals surface area contributed by atoms with Crippen molar-refractivity contribution in [3.05, 3.63) is 81.4 Å². The lowest BCUT2D eigenvalue weighted by Gasteiger charge is -2.06. The van der Waals surface area contributed by atoms with Gasteiger partial charge in [0.1, 0.15) is 6.61 Å². The first kappa shape index (κ1) is 21.6. The number of nitro benzene ring substituents is 1. The molecule has 1 N–H and O–H groups in total. The van der Waals surface area contributed by atoms with E-state index >= 15 is 0 Å². The minimum absolute atomic E-state index is 0.124. The van der Waals surface area contributed by atoms with Crippen molar-refractivity contribution in [2.45, 2.75) is 20.0 Å². The number of hydrogen-bond acceptors (Lipinski definition) is 6. The number of amides is 1. The Morgan fingerprint density at radius 2 is 1.90 bits per heavy atom. The van der Waals surface area contributed by atoms with Crippen LogP contribution in [0.3, 0.4) is 0 Å². The predicted molar refractivity (Wildman–Crippen MR) is 107 cm³/mol. The molecule has 0 saturated carbocycles. The first-order valence-corrected chi connectivity index (χ1v) is 9.08.